The summed E-state index contributed by atoms with van der Waals surface area (Å²) < 4.78 is 6.44. The van der Waals surface area contributed by atoms with Crippen molar-refractivity contribution in [2.45, 2.75) is 19.4 Å². The van der Waals surface area contributed by atoms with E-state index in [1.807, 2.05) is 0 Å². The van der Waals surface area contributed by atoms with Gasteiger partial charge in [0.1, 0.15) is 5.75 Å². The summed E-state index contributed by atoms with van der Waals surface area (Å²) in [6.45, 7) is 0.602. The fraction of sp³-hybridized carbons (Fsp3) is 0.250. The van der Waals surface area contributed by atoms with Gasteiger partial charge in [-0.15, -0.1) is 0 Å². The standard InChI is InChI=1S/C16H15NO4/c1-21-16(20)13-9-12(10-4-2-5-11(18)8-10)15(19)17-7-3-6-14(13)17/h2,4-5,8-9,18H,3,6-7H2,1H3. The number of phenols is 1. The highest BCUT2D eigenvalue weighted by atomic mass is 16.5. The third kappa shape index (κ3) is 2.20. The highest BCUT2D eigenvalue weighted by molar-refractivity contribution is 5.92. The van der Waals surface area contributed by atoms with Crippen molar-refractivity contribution in [3.63, 3.8) is 0 Å². The minimum absolute atomic E-state index is 0.0806. The Bertz CT molecular complexity index is 776. The van der Waals surface area contributed by atoms with Gasteiger partial charge in [0.15, 0.2) is 0 Å². The van der Waals surface area contributed by atoms with Crippen LogP contribution in [0.4, 0.5) is 0 Å². The lowest BCUT2D eigenvalue weighted by atomic mass is 10.0. The number of hydrogen-bond donors (Lipinski definition) is 1. The molecule has 5 heteroatoms. The number of rotatable bonds is 2. The van der Waals surface area contributed by atoms with E-state index in [-0.39, 0.29) is 11.3 Å². The minimum atomic E-state index is -0.443. The molecule has 1 aliphatic heterocycles. The number of phenolic OH excluding ortho intramolecular Hbond substituents is 1. The molecule has 3 rings (SSSR count). The fourth-order valence-corrected chi connectivity index (χ4v) is 2.78. The first-order valence-electron chi connectivity index (χ1n) is 6.76. The number of carbonyl (C=O) groups is 1. The number of ether oxygens (including phenoxy) is 1. The second kappa shape index (κ2) is 5.09. The first-order valence-corrected chi connectivity index (χ1v) is 6.76. The molecule has 2 heterocycles. The molecular weight excluding hydrogens is 270 g/mol. The molecule has 21 heavy (non-hydrogen) atoms. The molecule has 0 bridgehead atoms. The summed E-state index contributed by atoms with van der Waals surface area (Å²) in [6.07, 6.45) is 1.53. The predicted molar refractivity (Wildman–Crippen MR) is 77.5 cm³/mol. The van der Waals surface area contributed by atoms with E-state index in [0.29, 0.717) is 29.7 Å². The second-order valence-electron chi connectivity index (χ2n) is 5.02. The second-order valence-corrected chi connectivity index (χ2v) is 5.02. The van der Waals surface area contributed by atoms with Gasteiger partial charge in [0.05, 0.1) is 12.7 Å². The number of esters is 1. The van der Waals surface area contributed by atoms with E-state index in [4.69, 9.17) is 4.74 Å². The number of aromatic nitrogens is 1. The van der Waals surface area contributed by atoms with E-state index >= 15 is 0 Å². The van der Waals surface area contributed by atoms with Gasteiger partial charge in [0, 0.05) is 17.8 Å². The highest BCUT2D eigenvalue weighted by Crippen LogP contribution is 2.25. The van der Waals surface area contributed by atoms with Crippen LogP contribution in [-0.2, 0) is 17.7 Å². The summed E-state index contributed by atoms with van der Waals surface area (Å²) in [5, 5.41) is 9.58. The average Bonchev–Trinajstić information content (AvgIpc) is 2.97. The first-order chi connectivity index (χ1) is 10.1. The molecule has 0 saturated heterocycles. The van der Waals surface area contributed by atoms with Gasteiger partial charge in [0.25, 0.3) is 5.56 Å². The summed E-state index contributed by atoms with van der Waals surface area (Å²) in [5.74, 6) is -0.362. The lowest BCUT2D eigenvalue weighted by molar-refractivity contribution is 0.0598. The van der Waals surface area contributed by atoms with Crippen LogP contribution in [0.3, 0.4) is 0 Å². The molecule has 1 N–H and O–H groups in total. The lowest BCUT2D eigenvalue weighted by Crippen LogP contribution is -2.24. The summed E-state index contributed by atoms with van der Waals surface area (Å²) in [7, 11) is 1.33. The van der Waals surface area contributed by atoms with Gasteiger partial charge >= 0.3 is 5.97 Å². The van der Waals surface area contributed by atoms with Crippen LogP contribution in [0.2, 0.25) is 0 Å². The molecule has 1 aromatic heterocycles. The van der Waals surface area contributed by atoms with Crippen molar-refractivity contribution in [1.82, 2.24) is 4.57 Å². The molecule has 0 amide bonds. The topological polar surface area (TPSA) is 68.5 Å². The Labute approximate surface area is 121 Å². The number of hydrogen-bond acceptors (Lipinski definition) is 4. The maximum Gasteiger partial charge on any atom is 0.339 e. The molecular formula is C16H15NO4. The van der Waals surface area contributed by atoms with E-state index in [1.54, 1.807) is 22.8 Å². The molecule has 0 atom stereocenters. The number of pyridine rings is 1. The monoisotopic (exact) mass is 285 g/mol. The van der Waals surface area contributed by atoms with Crippen LogP contribution in [-0.4, -0.2) is 22.8 Å². The van der Waals surface area contributed by atoms with Crippen molar-refractivity contribution < 1.29 is 14.6 Å². The van der Waals surface area contributed by atoms with Gasteiger partial charge in [-0.3, -0.25) is 4.79 Å². The van der Waals surface area contributed by atoms with Crippen LogP contribution in [0.25, 0.3) is 11.1 Å². The zero-order chi connectivity index (χ0) is 15.0. The van der Waals surface area contributed by atoms with Crippen LogP contribution in [0, 0.1) is 0 Å². The summed E-state index contributed by atoms with van der Waals surface area (Å²) in [4.78, 5) is 24.5. The Morgan fingerprint density at radius 2 is 2.14 bits per heavy atom. The SMILES string of the molecule is COC(=O)c1cc(-c2cccc(O)c2)c(=O)n2c1CCC2. The molecule has 2 aromatic rings. The number of nitrogens with zero attached hydrogens (tertiary/aromatic N) is 1. The quantitative estimate of drug-likeness (QED) is 0.856. The first kappa shape index (κ1) is 13.4. The van der Waals surface area contributed by atoms with Crippen LogP contribution in [0.1, 0.15) is 22.5 Å². The fourth-order valence-electron chi connectivity index (χ4n) is 2.78. The Kier molecular flexibility index (Phi) is 3.25. The summed E-state index contributed by atoms with van der Waals surface area (Å²) in [5.41, 5.74) is 2.01. The van der Waals surface area contributed by atoms with Gasteiger partial charge in [0.2, 0.25) is 0 Å². The lowest BCUT2D eigenvalue weighted by Gasteiger charge is -2.12. The molecule has 0 aliphatic carbocycles. The highest BCUT2D eigenvalue weighted by Gasteiger charge is 2.23. The van der Waals surface area contributed by atoms with Crippen LogP contribution < -0.4 is 5.56 Å². The third-order valence-corrected chi connectivity index (χ3v) is 3.76. The average molecular weight is 285 g/mol. The van der Waals surface area contributed by atoms with Crippen molar-refractivity contribution >= 4 is 5.97 Å². The van der Waals surface area contributed by atoms with Crippen LogP contribution >= 0.6 is 0 Å². The maximum atomic E-state index is 12.6. The van der Waals surface area contributed by atoms with Crippen molar-refractivity contribution in [3.8, 4) is 16.9 Å². The Morgan fingerprint density at radius 1 is 1.33 bits per heavy atom. The van der Waals surface area contributed by atoms with Crippen molar-refractivity contribution in [3.05, 3.63) is 51.9 Å². The molecule has 0 saturated carbocycles. The molecule has 1 aromatic carbocycles. The molecule has 0 spiro atoms. The van der Waals surface area contributed by atoms with Gasteiger partial charge in [-0.25, -0.2) is 4.79 Å². The van der Waals surface area contributed by atoms with Crippen molar-refractivity contribution in [2.24, 2.45) is 0 Å². The van der Waals surface area contributed by atoms with Gasteiger partial charge < -0.3 is 14.4 Å². The van der Waals surface area contributed by atoms with Gasteiger partial charge in [-0.1, -0.05) is 12.1 Å². The van der Waals surface area contributed by atoms with Crippen molar-refractivity contribution in [1.29, 1.82) is 0 Å². The predicted octanol–water partition coefficient (Wildman–Crippen LogP) is 1.95. The molecule has 0 fully saturated rings. The zero-order valence-corrected chi connectivity index (χ0v) is 11.6. The van der Waals surface area contributed by atoms with E-state index in [1.165, 1.54) is 19.2 Å². The zero-order valence-electron chi connectivity index (χ0n) is 11.6. The molecule has 0 unspecified atom stereocenters. The number of benzene rings is 1. The minimum Gasteiger partial charge on any atom is -0.508 e. The normalized spacial score (nSPS) is 13.0. The van der Waals surface area contributed by atoms with Gasteiger partial charge in [-0.2, -0.15) is 0 Å². The Hall–Kier alpha value is -2.56. The van der Waals surface area contributed by atoms with Gasteiger partial charge in [-0.05, 0) is 36.6 Å². The number of aromatic hydroxyl groups is 1. The Balaban J connectivity index is 2.27. The van der Waals surface area contributed by atoms with Crippen LogP contribution in [0.15, 0.2) is 35.1 Å². The van der Waals surface area contributed by atoms with E-state index < -0.39 is 5.97 Å². The maximum absolute atomic E-state index is 12.6. The molecule has 1 aliphatic rings. The number of carbonyl (C=O) groups excluding carboxylic acids is 1. The molecule has 108 valence electrons. The van der Waals surface area contributed by atoms with E-state index in [2.05, 4.69) is 0 Å². The van der Waals surface area contributed by atoms with E-state index in [0.717, 1.165) is 12.1 Å². The van der Waals surface area contributed by atoms with Crippen LogP contribution in [0.5, 0.6) is 5.75 Å². The summed E-state index contributed by atoms with van der Waals surface area (Å²) in [6, 6.07) is 8.02. The molecule has 5 nitrogen and oxygen atoms in total. The largest absolute Gasteiger partial charge is 0.508 e. The van der Waals surface area contributed by atoms with Crippen molar-refractivity contribution in [2.75, 3.05) is 7.11 Å². The molecule has 0 radical (unpaired) electrons. The summed E-state index contributed by atoms with van der Waals surface area (Å²) >= 11 is 0. The third-order valence-electron chi connectivity index (χ3n) is 3.76. The number of fused-ring (bicyclic) bond motifs is 1. The number of methoxy groups -OCH3 is 1. The smallest absolute Gasteiger partial charge is 0.339 e. The van der Waals surface area contributed by atoms with E-state index in [9.17, 15) is 14.7 Å². The Morgan fingerprint density at radius 3 is 2.86 bits per heavy atom.